The van der Waals surface area contributed by atoms with Gasteiger partial charge in [-0.15, -0.1) is 6.58 Å². The molecule has 1 nitrogen and oxygen atoms in total. The summed E-state index contributed by atoms with van der Waals surface area (Å²) in [5.41, 5.74) is 0. The van der Waals surface area contributed by atoms with Crippen molar-refractivity contribution in [3.8, 4) is 0 Å². The molecule has 0 saturated heterocycles. The fourth-order valence-electron chi connectivity index (χ4n) is 0.697. The van der Waals surface area contributed by atoms with Gasteiger partial charge in [-0.1, -0.05) is 19.9 Å². The molecule has 0 bridgehead atoms. The van der Waals surface area contributed by atoms with E-state index in [2.05, 4.69) is 20.4 Å². The Bertz CT molecular complexity index is 102. The number of rotatable bonds is 6. The van der Waals surface area contributed by atoms with E-state index in [1.165, 1.54) is 0 Å². The van der Waals surface area contributed by atoms with E-state index in [1.54, 1.807) is 11.8 Å². The molecule has 0 aliphatic heterocycles. The maximum atomic E-state index is 9.36. The summed E-state index contributed by atoms with van der Waals surface area (Å²) in [5, 5.41) is 9.98. The van der Waals surface area contributed by atoms with Gasteiger partial charge in [0.15, 0.2) is 0 Å². The number of thioether (sulfide) groups is 1. The van der Waals surface area contributed by atoms with Gasteiger partial charge < -0.3 is 5.11 Å². The van der Waals surface area contributed by atoms with Crippen LogP contribution in [0, 0.1) is 0 Å². The second-order valence-corrected chi connectivity index (χ2v) is 4.51. The van der Waals surface area contributed by atoms with Crippen LogP contribution in [-0.2, 0) is 0 Å². The van der Waals surface area contributed by atoms with Gasteiger partial charge in [-0.05, 0) is 18.1 Å². The van der Waals surface area contributed by atoms with Crippen LogP contribution in [0.25, 0.3) is 0 Å². The summed E-state index contributed by atoms with van der Waals surface area (Å²) >= 11 is 1.81. The summed E-state index contributed by atoms with van der Waals surface area (Å²) in [6.45, 7) is 7.90. The molecule has 2 heteroatoms. The average Bonchev–Trinajstić information content (AvgIpc) is 1.97. The lowest BCUT2D eigenvalue weighted by Crippen LogP contribution is -2.10. The zero-order chi connectivity index (χ0) is 8.69. The van der Waals surface area contributed by atoms with Gasteiger partial charge in [0.05, 0.1) is 6.10 Å². The molecule has 0 aliphatic carbocycles. The zero-order valence-electron chi connectivity index (χ0n) is 7.42. The molecule has 0 amide bonds. The third-order valence-electron chi connectivity index (χ3n) is 1.33. The third-order valence-corrected chi connectivity index (χ3v) is 2.57. The van der Waals surface area contributed by atoms with Gasteiger partial charge in [-0.2, -0.15) is 11.8 Å². The Balaban J connectivity index is 3.21. The highest BCUT2D eigenvalue weighted by Gasteiger charge is 2.03. The van der Waals surface area contributed by atoms with Crippen LogP contribution in [0.1, 0.15) is 26.7 Å². The second kappa shape index (κ2) is 6.74. The van der Waals surface area contributed by atoms with E-state index >= 15 is 0 Å². The Hall–Kier alpha value is 0.0500. The van der Waals surface area contributed by atoms with Crippen LogP contribution >= 0.6 is 11.8 Å². The van der Waals surface area contributed by atoms with E-state index in [0.717, 1.165) is 18.6 Å². The Morgan fingerprint density at radius 1 is 1.55 bits per heavy atom. The van der Waals surface area contributed by atoms with Crippen molar-refractivity contribution >= 4 is 11.8 Å². The molecule has 0 saturated carbocycles. The minimum Gasteiger partial charge on any atom is -0.392 e. The van der Waals surface area contributed by atoms with Crippen LogP contribution < -0.4 is 0 Å². The first-order valence-corrected chi connectivity index (χ1v) is 5.12. The summed E-state index contributed by atoms with van der Waals surface area (Å²) in [6, 6.07) is 0. The second-order valence-electron chi connectivity index (χ2n) is 2.90. The summed E-state index contributed by atoms with van der Waals surface area (Å²) < 4.78 is 0. The summed E-state index contributed by atoms with van der Waals surface area (Å²) in [5.74, 6) is 0.853. The van der Waals surface area contributed by atoms with Crippen molar-refractivity contribution in [1.82, 2.24) is 0 Å². The number of hydrogen-bond donors (Lipinski definition) is 1. The van der Waals surface area contributed by atoms with Gasteiger partial charge >= 0.3 is 0 Å². The highest BCUT2D eigenvalue weighted by Crippen LogP contribution is 2.12. The number of allylic oxidation sites excluding steroid dienone is 1. The molecule has 0 aromatic heterocycles. The summed E-state index contributed by atoms with van der Waals surface area (Å²) in [7, 11) is 0. The summed E-state index contributed by atoms with van der Waals surface area (Å²) in [4.78, 5) is 0. The first-order chi connectivity index (χ1) is 5.16. The standard InChI is InChI=1S/C9H18OS/c1-4-5-6-9(10)7-11-8(2)3/h4,8-10H,1,5-7H2,2-3H3. The van der Waals surface area contributed by atoms with E-state index in [4.69, 9.17) is 0 Å². The molecule has 0 aromatic rings. The molecule has 11 heavy (non-hydrogen) atoms. The predicted molar refractivity (Wildman–Crippen MR) is 53.0 cm³/mol. The van der Waals surface area contributed by atoms with Crippen LogP contribution in [0.5, 0.6) is 0 Å². The van der Waals surface area contributed by atoms with Crippen molar-refractivity contribution in [3.63, 3.8) is 0 Å². The van der Waals surface area contributed by atoms with Gasteiger partial charge in [0, 0.05) is 5.75 Å². The van der Waals surface area contributed by atoms with E-state index in [9.17, 15) is 5.11 Å². The molecule has 66 valence electrons. The smallest absolute Gasteiger partial charge is 0.0633 e. The SMILES string of the molecule is C=CCCC(O)CSC(C)C. The van der Waals surface area contributed by atoms with Gasteiger partial charge in [0.25, 0.3) is 0 Å². The fourth-order valence-corrected chi connectivity index (χ4v) is 1.47. The van der Waals surface area contributed by atoms with Crippen LogP contribution in [-0.4, -0.2) is 22.2 Å². The number of hydrogen-bond acceptors (Lipinski definition) is 2. The number of aliphatic hydroxyl groups excluding tert-OH is 1. The van der Waals surface area contributed by atoms with E-state index in [-0.39, 0.29) is 6.10 Å². The molecule has 1 unspecified atom stereocenters. The van der Waals surface area contributed by atoms with Crippen molar-refractivity contribution in [2.45, 2.75) is 38.0 Å². The molecular formula is C9H18OS. The molecule has 0 fully saturated rings. The highest BCUT2D eigenvalue weighted by atomic mass is 32.2. The van der Waals surface area contributed by atoms with Crippen molar-refractivity contribution in [2.75, 3.05) is 5.75 Å². The molecule has 1 N–H and O–H groups in total. The molecule has 0 aromatic carbocycles. The molecule has 1 atom stereocenters. The molecule has 0 spiro atoms. The van der Waals surface area contributed by atoms with Crippen LogP contribution in [0.3, 0.4) is 0 Å². The minimum absolute atomic E-state index is 0.152. The minimum atomic E-state index is -0.152. The lowest BCUT2D eigenvalue weighted by molar-refractivity contribution is 0.190. The Morgan fingerprint density at radius 2 is 2.18 bits per heavy atom. The Labute approximate surface area is 73.9 Å². The van der Waals surface area contributed by atoms with Crippen LogP contribution in [0.15, 0.2) is 12.7 Å². The largest absolute Gasteiger partial charge is 0.392 e. The van der Waals surface area contributed by atoms with E-state index < -0.39 is 0 Å². The lowest BCUT2D eigenvalue weighted by atomic mass is 10.2. The van der Waals surface area contributed by atoms with Crippen LogP contribution in [0.2, 0.25) is 0 Å². The fraction of sp³-hybridized carbons (Fsp3) is 0.778. The molecule has 0 radical (unpaired) electrons. The Morgan fingerprint density at radius 3 is 2.64 bits per heavy atom. The van der Waals surface area contributed by atoms with Gasteiger partial charge in [0.1, 0.15) is 0 Å². The monoisotopic (exact) mass is 174 g/mol. The molecule has 0 heterocycles. The van der Waals surface area contributed by atoms with E-state index in [1.807, 2.05) is 6.08 Å². The first-order valence-electron chi connectivity index (χ1n) is 4.07. The zero-order valence-corrected chi connectivity index (χ0v) is 8.23. The van der Waals surface area contributed by atoms with Crippen molar-refractivity contribution in [1.29, 1.82) is 0 Å². The molecule has 0 aliphatic rings. The number of aliphatic hydroxyl groups is 1. The molecule has 0 rings (SSSR count). The highest BCUT2D eigenvalue weighted by molar-refractivity contribution is 7.99. The van der Waals surface area contributed by atoms with Crippen LogP contribution in [0.4, 0.5) is 0 Å². The maximum Gasteiger partial charge on any atom is 0.0633 e. The van der Waals surface area contributed by atoms with Crippen molar-refractivity contribution in [2.24, 2.45) is 0 Å². The first kappa shape index (κ1) is 11.1. The van der Waals surface area contributed by atoms with Gasteiger partial charge in [-0.25, -0.2) is 0 Å². The topological polar surface area (TPSA) is 20.2 Å². The van der Waals surface area contributed by atoms with Gasteiger partial charge in [0.2, 0.25) is 0 Å². The van der Waals surface area contributed by atoms with Gasteiger partial charge in [-0.3, -0.25) is 0 Å². The molecular weight excluding hydrogens is 156 g/mol. The normalized spacial score (nSPS) is 13.5. The average molecular weight is 174 g/mol. The third kappa shape index (κ3) is 7.95. The predicted octanol–water partition coefficient (Wildman–Crippen LogP) is 2.46. The lowest BCUT2D eigenvalue weighted by Gasteiger charge is -2.10. The van der Waals surface area contributed by atoms with Crippen molar-refractivity contribution < 1.29 is 5.11 Å². The quantitative estimate of drug-likeness (QED) is 0.624. The van der Waals surface area contributed by atoms with Crippen molar-refractivity contribution in [3.05, 3.63) is 12.7 Å². The maximum absolute atomic E-state index is 9.36. The summed E-state index contributed by atoms with van der Waals surface area (Å²) in [6.07, 6.45) is 3.46. The van der Waals surface area contributed by atoms with E-state index in [0.29, 0.717) is 5.25 Å². The Kier molecular flexibility index (Phi) is 6.77.